The molecule has 0 saturated carbocycles. The smallest absolute Gasteiger partial charge is 0.173 e. The van der Waals surface area contributed by atoms with E-state index in [9.17, 15) is 0 Å². The summed E-state index contributed by atoms with van der Waals surface area (Å²) >= 11 is 5.65. The highest BCUT2D eigenvalue weighted by Crippen LogP contribution is 2.27. The van der Waals surface area contributed by atoms with Gasteiger partial charge in [0.2, 0.25) is 0 Å². The molecule has 1 unspecified atom stereocenters. The van der Waals surface area contributed by atoms with Crippen molar-refractivity contribution in [3.63, 3.8) is 0 Å². The van der Waals surface area contributed by atoms with E-state index < -0.39 is 0 Å². The topological polar surface area (TPSA) is 53.2 Å². The maximum absolute atomic E-state index is 5.65. The number of hydrogen-bond donors (Lipinski definition) is 2. The highest BCUT2D eigenvalue weighted by molar-refractivity contribution is 7.80. The van der Waals surface area contributed by atoms with Crippen molar-refractivity contribution in [1.29, 1.82) is 0 Å². The number of nitrogens with zero attached hydrogens (tertiary/aromatic N) is 2. The van der Waals surface area contributed by atoms with Crippen molar-refractivity contribution < 1.29 is 4.74 Å². The Labute approximate surface area is 158 Å². The van der Waals surface area contributed by atoms with E-state index in [1.54, 1.807) is 7.11 Å². The summed E-state index contributed by atoms with van der Waals surface area (Å²) in [6.45, 7) is 1.84. The van der Waals surface area contributed by atoms with Gasteiger partial charge in [-0.25, -0.2) is 4.98 Å². The fourth-order valence-electron chi connectivity index (χ4n) is 3.45. The van der Waals surface area contributed by atoms with Crippen LogP contribution in [0.25, 0.3) is 11.0 Å². The first-order valence-corrected chi connectivity index (χ1v) is 9.28. The van der Waals surface area contributed by atoms with Crippen LogP contribution in [0.15, 0.2) is 48.5 Å². The molecule has 5 nitrogen and oxygen atoms in total. The van der Waals surface area contributed by atoms with Gasteiger partial charge in [-0.3, -0.25) is 0 Å². The van der Waals surface area contributed by atoms with Crippen LogP contribution in [0, 0.1) is 0 Å². The van der Waals surface area contributed by atoms with Gasteiger partial charge in [0.05, 0.1) is 18.1 Å². The summed E-state index contributed by atoms with van der Waals surface area (Å²) < 4.78 is 5.28. The third-order valence-electron chi connectivity index (χ3n) is 4.82. The molecule has 4 rings (SSSR count). The highest BCUT2D eigenvalue weighted by Gasteiger charge is 2.25. The molecule has 6 heteroatoms. The molecule has 1 aromatic heterocycles. The molecule has 2 heterocycles. The first-order valence-electron chi connectivity index (χ1n) is 8.87. The van der Waals surface area contributed by atoms with E-state index in [0.29, 0.717) is 5.92 Å². The maximum atomic E-state index is 5.65. The molecule has 134 valence electrons. The first kappa shape index (κ1) is 16.8. The van der Waals surface area contributed by atoms with Gasteiger partial charge in [-0.1, -0.05) is 18.2 Å². The second-order valence-corrected chi connectivity index (χ2v) is 6.97. The normalized spacial score (nSPS) is 17.3. The molecular formula is C20H22N4OS. The average molecular weight is 366 g/mol. The molecule has 1 fully saturated rings. The van der Waals surface area contributed by atoms with E-state index in [-0.39, 0.29) is 0 Å². The third-order valence-corrected chi connectivity index (χ3v) is 5.18. The van der Waals surface area contributed by atoms with E-state index in [1.807, 2.05) is 42.5 Å². The standard InChI is InChI=1S/C20H22N4OS/c1-25-16-8-4-7-15(12-16)21-20(26)24-11-5-6-14(13-24)19-22-17-9-2-3-10-18(17)23-19/h2-4,7-10,12,14H,5-6,11,13H2,1H3,(H,21,26)(H,22,23). The Balaban J connectivity index is 1.46. The van der Waals surface area contributed by atoms with Gasteiger partial charge in [0, 0.05) is 30.8 Å². The Morgan fingerprint density at radius 2 is 2.15 bits per heavy atom. The van der Waals surface area contributed by atoms with E-state index in [4.69, 9.17) is 21.9 Å². The number of methoxy groups -OCH3 is 1. The zero-order chi connectivity index (χ0) is 17.9. The molecule has 26 heavy (non-hydrogen) atoms. The van der Waals surface area contributed by atoms with E-state index in [2.05, 4.69) is 21.3 Å². The molecule has 1 atom stereocenters. The van der Waals surface area contributed by atoms with Gasteiger partial charge < -0.3 is 19.9 Å². The summed E-state index contributed by atoms with van der Waals surface area (Å²) in [5, 5.41) is 4.08. The summed E-state index contributed by atoms with van der Waals surface area (Å²) in [4.78, 5) is 10.5. The van der Waals surface area contributed by atoms with Crippen LogP contribution in [0.5, 0.6) is 5.75 Å². The Kier molecular flexibility index (Phi) is 4.75. The fourth-order valence-corrected chi connectivity index (χ4v) is 3.74. The summed E-state index contributed by atoms with van der Waals surface area (Å²) in [7, 11) is 1.67. The third kappa shape index (κ3) is 3.51. The maximum Gasteiger partial charge on any atom is 0.173 e. The van der Waals surface area contributed by atoms with Crippen LogP contribution in [0.2, 0.25) is 0 Å². The lowest BCUT2D eigenvalue weighted by Gasteiger charge is -2.33. The predicted molar refractivity (Wildman–Crippen MR) is 109 cm³/mol. The molecule has 0 bridgehead atoms. The average Bonchev–Trinajstić information content (AvgIpc) is 3.12. The van der Waals surface area contributed by atoms with Crippen LogP contribution in [-0.4, -0.2) is 40.2 Å². The molecule has 3 aromatic rings. The number of nitrogens with one attached hydrogen (secondary N) is 2. The molecule has 1 saturated heterocycles. The second kappa shape index (κ2) is 7.33. The van der Waals surface area contributed by atoms with Crippen LogP contribution < -0.4 is 10.1 Å². The van der Waals surface area contributed by atoms with Gasteiger partial charge >= 0.3 is 0 Å². The van der Waals surface area contributed by atoms with Crippen molar-refractivity contribution in [3.05, 3.63) is 54.4 Å². The number of para-hydroxylation sites is 2. The van der Waals surface area contributed by atoms with Crippen molar-refractivity contribution in [2.75, 3.05) is 25.5 Å². The number of aromatic nitrogens is 2. The molecule has 1 aliphatic rings. The molecule has 0 aliphatic carbocycles. The predicted octanol–water partition coefficient (Wildman–Crippen LogP) is 4.15. The van der Waals surface area contributed by atoms with Gasteiger partial charge in [0.1, 0.15) is 11.6 Å². The van der Waals surface area contributed by atoms with Gasteiger partial charge in [-0.15, -0.1) is 0 Å². The summed E-state index contributed by atoms with van der Waals surface area (Å²) in [5.74, 6) is 2.23. The van der Waals surface area contributed by atoms with Crippen LogP contribution in [0.3, 0.4) is 0 Å². The number of benzene rings is 2. The van der Waals surface area contributed by atoms with Gasteiger partial charge in [-0.2, -0.15) is 0 Å². The molecule has 2 N–H and O–H groups in total. The molecule has 1 aliphatic heterocycles. The van der Waals surface area contributed by atoms with E-state index in [0.717, 1.165) is 59.3 Å². The Morgan fingerprint density at radius 3 is 3.00 bits per heavy atom. The van der Waals surface area contributed by atoms with Gasteiger partial charge in [0.15, 0.2) is 5.11 Å². The Morgan fingerprint density at radius 1 is 1.27 bits per heavy atom. The summed E-state index contributed by atoms with van der Waals surface area (Å²) in [6.07, 6.45) is 2.22. The van der Waals surface area contributed by atoms with Crippen molar-refractivity contribution in [2.45, 2.75) is 18.8 Å². The SMILES string of the molecule is COc1cccc(NC(=S)N2CCCC(c3nc4ccccc4[nH]3)C2)c1. The largest absolute Gasteiger partial charge is 0.497 e. The van der Waals surface area contributed by atoms with Crippen molar-refractivity contribution in [2.24, 2.45) is 0 Å². The number of imidazole rings is 1. The highest BCUT2D eigenvalue weighted by atomic mass is 32.1. The van der Waals surface area contributed by atoms with Crippen LogP contribution in [0.4, 0.5) is 5.69 Å². The monoisotopic (exact) mass is 366 g/mol. The number of hydrogen-bond acceptors (Lipinski definition) is 3. The van der Waals surface area contributed by atoms with Gasteiger partial charge in [-0.05, 0) is 49.3 Å². The quantitative estimate of drug-likeness (QED) is 0.682. The number of anilines is 1. The minimum atomic E-state index is 0.362. The minimum Gasteiger partial charge on any atom is -0.497 e. The number of aromatic amines is 1. The van der Waals surface area contributed by atoms with Crippen molar-refractivity contribution in [3.8, 4) is 5.75 Å². The van der Waals surface area contributed by atoms with Crippen LogP contribution in [0.1, 0.15) is 24.6 Å². The molecule has 0 radical (unpaired) electrons. The summed E-state index contributed by atoms with van der Waals surface area (Å²) in [6, 6.07) is 16.0. The number of piperidine rings is 1. The Hall–Kier alpha value is -2.60. The second-order valence-electron chi connectivity index (χ2n) is 6.59. The number of thiocarbonyl (C=S) groups is 1. The van der Waals surface area contributed by atoms with E-state index >= 15 is 0 Å². The number of ether oxygens (including phenoxy) is 1. The van der Waals surface area contributed by atoms with Crippen molar-refractivity contribution >= 4 is 34.1 Å². The molecule has 0 amide bonds. The number of rotatable bonds is 3. The summed E-state index contributed by atoms with van der Waals surface area (Å²) in [5.41, 5.74) is 3.06. The molecule has 2 aromatic carbocycles. The minimum absolute atomic E-state index is 0.362. The number of fused-ring (bicyclic) bond motifs is 1. The van der Waals surface area contributed by atoms with E-state index in [1.165, 1.54) is 0 Å². The lowest BCUT2D eigenvalue weighted by atomic mass is 9.98. The lowest BCUT2D eigenvalue weighted by molar-refractivity contribution is 0.307. The Bertz CT molecular complexity index is 890. The van der Waals surface area contributed by atoms with Crippen LogP contribution in [-0.2, 0) is 0 Å². The zero-order valence-corrected chi connectivity index (χ0v) is 15.6. The molecule has 0 spiro atoms. The van der Waals surface area contributed by atoms with Gasteiger partial charge in [0.25, 0.3) is 0 Å². The number of H-pyrrole nitrogens is 1. The number of likely N-dealkylation sites (tertiary alicyclic amines) is 1. The van der Waals surface area contributed by atoms with Crippen LogP contribution >= 0.6 is 12.2 Å². The first-order chi connectivity index (χ1) is 12.7. The van der Waals surface area contributed by atoms with Crippen molar-refractivity contribution in [1.82, 2.24) is 14.9 Å². The fraction of sp³-hybridized carbons (Fsp3) is 0.300. The zero-order valence-electron chi connectivity index (χ0n) is 14.7. The molecular weight excluding hydrogens is 344 g/mol. The lowest BCUT2D eigenvalue weighted by Crippen LogP contribution is -2.41.